The topological polar surface area (TPSA) is 59.8 Å². The zero-order valence-electron chi connectivity index (χ0n) is 8.11. The van der Waals surface area contributed by atoms with Gasteiger partial charge >= 0.3 is 0 Å². The van der Waals surface area contributed by atoms with E-state index in [1.165, 1.54) is 11.0 Å². The predicted molar refractivity (Wildman–Crippen MR) is 48.3 cm³/mol. The minimum atomic E-state index is -0.172. The van der Waals surface area contributed by atoms with Gasteiger partial charge in [0.2, 0.25) is 0 Å². The standard InChI is InChI=1S/C8H14N4O/c1-4-12-9-5-7(11-12)8(13)10-6(2)3/h5-6H,4H2,1-3H3,(H,10,13). The fourth-order valence-corrected chi connectivity index (χ4v) is 0.890. The molecule has 0 bridgehead atoms. The molecular formula is C8H14N4O. The molecule has 0 radical (unpaired) electrons. The zero-order chi connectivity index (χ0) is 9.84. The molecule has 1 heterocycles. The van der Waals surface area contributed by atoms with Crippen molar-refractivity contribution in [2.24, 2.45) is 0 Å². The number of carbonyl (C=O) groups is 1. The molecule has 1 rings (SSSR count). The van der Waals surface area contributed by atoms with Crippen molar-refractivity contribution in [3.05, 3.63) is 11.9 Å². The average Bonchev–Trinajstić information content (AvgIpc) is 2.50. The molecule has 5 nitrogen and oxygen atoms in total. The van der Waals surface area contributed by atoms with Crippen LogP contribution in [-0.4, -0.2) is 26.9 Å². The van der Waals surface area contributed by atoms with Crippen LogP contribution in [0.15, 0.2) is 6.20 Å². The molecule has 0 aromatic carbocycles. The van der Waals surface area contributed by atoms with E-state index in [0.717, 1.165) is 0 Å². The summed E-state index contributed by atoms with van der Waals surface area (Å²) in [5.41, 5.74) is 0.371. The van der Waals surface area contributed by atoms with Crippen LogP contribution in [0.4, 0.5) is 0 Å². The van der Waals surface area contributed by atoms with Gasteiger partial charge in [-0.15, -0.1) is 5.10 Å². The highest BCUT2D eigenvalue weighted by Crippen LogP contribution is 1.92. The molecular weight excluding hydrogens is 168 g/mol. The van der Waals surface area contributed by atoms with Gasteiger partial charge in [-0.05, 0) is 20.8 Å². The van der Waals surface area contributed by atoms with E-state index in [1.54, 1.807) is 0 Å². The van der Waals surface area contributed by atoms with Crippen LogP contribution < -0.4 is 5.32 Å². The number of rotatable bonds is 3. The summed E-state index contributed by atoms with van der Waals surface area (Å²) in [6, 6.07) is 0.124. The number of hydrogen-bond acceptors (Lipinski definition) is 3. The Morgan fingerprint density at radius 3 is 2.85 bits per heavy atom. The molecule has 0 aliphatic rings. The van der Waals surface area contributed by atoms with Crippen LogP contribution in [0.5, 0.6) is 0 Å². The van der Waals surface area contributed by atoms with Gasteiger partial charge in [0.1, 0.15) is 0 Å². The van der Waals surface area contributed by atoms with E-state index in [2.05, 4.69) is 15.5 Å². The van der Waals surface area contributed by atoms with Gasteiger partial charge in [0.05, 0.1) is 12.7 Å². The lowest BCUT2D eigenvalue weighted by molar-refractivity contribution is 0.0937. The largest absolute Gasteiger partial charge is 0.348 e. The van der Waals surface area contributed by atoms with Crippen molar-refractivity contribution in [3.8, 4) is 0 Å². The van der Waals surface area contributed by atoms with E-state index in [9.17, 15) is 4.79 Å². The second-order valence-corrected chi connectivity index (χ2v) is 3.05. The summed E-state index contributed by atoms with van der Waals surface area (Å²) in [4.78, 5) is 12.8. The Hall–Kier alpha value is -1.39. The van der Waals surface area contributed by atoms with Crippen molar-refractivity contribution < 1.29 is 4.79 Å². The fraction of sp³-hybridized carbons (Fsp3) is 0.625. The van der Waals surface area contributed by atoms with Crippen molar-refractivity contribution in [2.75, 3.05) is 0 Å². The summed E-state index contributed by atoms with van der Waals surface area (Å²) in [6.07, 6.45) is 1.47. The monoisotopic (exact) mass is 182 g/mol. The van der Waals surface area contributed by atoms with Gasteiger partial charge in [-0.1, -0.05) is 0 Å². The number of amides is 1. The summed E-state index contributed by atoms with van der Waals surface area (Å²) >= 11 is 0. The molecule has 0 unspecified atom stereocenters. The zero-order valence-corrected chi connectivity index (χ0v) is 8.11. The molecule has 0 atom stereocenters. The van der Waals surface area contributed by atoms with Crippen molar-refractivity contribution in [3.63, 3.8) is 0 Å². The highest BCUT2D eigenvalue weighted by Gasteiger charge is 2.10. The summed E-state index contributed by atoms with van der Waals surface area (Å²) < 4.78 is 0. The normalized spacial score (nSPS) is 10.5. The molecule has 0 fully saturated rings. The van der Waals surface area contributed by atoms with E-state index >= 15 is 0 Å². The lowest BCUT2D eigenvalue weighted by Crippen LogP contribution is -2.30. The van der Waals surface area contributed by atoms with Crippen molar-refractivity contribution >= 4 is 5.91 Å². The molecule has 1 amide bonds. The molecule has 13 heavy (non-hydrogen) atoms. The SMILES string of the molecule is CCn1ncc(C(=O)NC(C)C)n1. The van der Waals surface area contributed by atoms with Gasteiger partial charge in [-0.3, -0.25) is 4.79 Å². The lowest BCUT2D eigenvalue weighted by atomic mass is 10.3. The van der Waals surface area contributed by atoms with Crippen molar-refractivity contribution in [2.45, 2.75) is 33.4 Å². The first-order valence-corrected chi connectivity index (χ1v) is 4.34. The molecule has 0 aliphatic heterocycles. The Morgan fingerprint density at radius 1 is 1.69 bits per heavy atom. The summed E-state index contributed by atoms with van der Waals surface area (Å²) in [7, 11) is 0. The number of hydrogen-bond donors (Lipinski definition) is 1. The predicted octanol–water partition coefficient (Wildman–Crippen LogP) is 0.436. The van der Waals surface area contributed by atoms with Gasteiger partial charge in [0.15, 0.2) is 5.69 Å². The van der Waals surface area contributed by atoms with Crippen LogP contribution in [0.25, 0.3) is 0 Å². The average molecular weight is 182 g/mol. The van der Waals surface area contributed by atoms with E-state index in [0.29, 0.717) is 12.2 Å². The minimum absolute atomic E-state index is 0.124. The molecule has 0 saturated heterocycles. The molecule has 5 heteroatoms. The Balaban J connectivity index is 2.66. The van der Waals surface area contributed by atoms with Crippen LogP contribution in [0.2, 0.25) is 0 Å². The Kier molecular flexibility index (Phi) is 3.00. The summed E-state index contributed by atoms with van der Waals surface area (Å²) in [6.45, 7) is 6.41. The Labute approximate surface area is 77.1 Å². The summed E-state index contributed by atoms with van der Waals surface area (Å²) in [5.74, 6) is -0.172. The van der Waals surface area contributed by atoms with Crippen molar-refractivity contribution in [1.82, 2.24) is 20.3 Å². The first-order chi connectivity index (χ1) is 6.13. The fourth-order valence-electron chi connectivity index (χ4n) is 0.890. The smallest absolute Gasteiger partial charge is 0.273 e. The Morgan fingerprint density at radius 2 is 2.38 bits per heavy atom. The molecule has 0 aliphatic carbocycles. The number of nitrogens with zero attached hydrogens (tertiary/aromatic N) is 3. The highest BCUT2D eigenvalue weighted by atomic mass is 16.2. The van der Waals surface area contributed by atoms with Crippen molar-refractivity contribution in [1.29, 1.82) is 0 Å². The van der Waals surface area contributed by atoms with Gasteiger partial charge in [0, 0.05) is 6.04 Å². The van der Waals surface area contributed by atoms with Gasteiger partial charge in [0.25, 0.3) is 5.91 Å². The molecule has 1 aromatic rings. The number of aromatic nitrogens is 3. The van der Waals surface area contributed by atoms with E-state index in [4.69, 9.17) is 0 Å². The quantitative estimate of drug-likeness (QED) is 0.737. The third kappa shape index (κ3) is 2.54. The number of aryl methyl sites for hydroxylation is 1. The van der Waals surface area contributed by atoms with Crippen LogP contribution in [0, 0.1) is 0 Å². The Bertz CT molecular complexity index is 292. The molecule has 0 saturated carbocycles. The number of carbonyl (C=O) groups excluding carboxylic acids is 1. The summed E-state index contributed by atoms with van der Waals surface area (Å²) in [5, 5.41) is 10.6. The van der Waals surface area contributed by atoms with E-state index < -0.39 is 0 Å². The van der Waals surface area contributed by atoms with Gasteiger partial charge in [-0.2, -0.15) is 9.90 Å². The minimum Gasteiger partial charge on any atom is -0.348 e. The highest BCUT2D eigenvalue weighted by molar-refractivity contribution is 5.91. The van der Waals surface area contributed by atoms with E-state index in [1.807, 2.05) is 20.8 Å². The van der Waals surface area contributed by atoms with Crippen LogP contribution in [0.3, 0.4) is 0 Å². The van der Waals surface area contributed by atoms with E-state index in [-0.39, 0.29) is 11.9 Å². The maximum absolute atomic E-state index is 11.4. The van der Waals surface area contributed by atoms with Gasteiger partial charge in [-0.25, -0.2) is 0 Å². The third-order valence-corrected chi connectivity index (χ3v) is 1.47. The molecule has 1 N–H and O–H groups in total. The van der Waals surface area contributed by atoms with Crippen LogP contribution >= 0.6 is 0 Å². The van der Waals surface area contributed by atoms with Crippen LogP contribution in [-0.2, 0) is 6.54 Å². The second-order valence-electron chi connectivity index (χ2n) is 3.05. The first-order valence-electron chi connectivity index (χ1n) is 4.34. The second kappa shape index (κ2) is 4.02. The molecule has 0 spiro atoms. The van der Waals surface area contributed by atoms with Crippen LogP contribution in [0.1, 0.15) is 31.3 Å². The molecule has 72 valence electrons. The maximum atomic E-state index is 11.4. The lowest BCUT2D eigenvalue weighted by Gasteiger charge is -2.04. The molecule has 1 aromatic heterocycles. The third-order valence-electron chi connectivity index (χ3n) is 1.47. The van der Waals surface area contributed by atoms with Gasteiger partial charge < -0.3 is 5.32 Å². The number of nitrogens with one attached hydrogen (secondary N) is 1. The maximum Gasteiger partial charge on any atom is 0.273 e. The first kappa shape index (κ1) is 9.70.